The van der Waals surface area contributed by atoms with Crippen LogP contribution in [0, 0.1) is 5.92 Å². The fourth-order valence-electron chi connectivity index (χ4n) is 2.64. The number of para-hydroxylation sites is 1. The van der Waals surface area contributed by atoms with Gasteiger partial charge < -0.3 is 11.1 Å². The Balaban J connectivity index is 1.91. The molecule has 1 amide bonds. The smallest absolute Gasteiger partial charge is 0.291 e. The van der Waals surface area contributed by atoms with Crippen LogP contribution in [0.15, 0.2) is 18.2 Å². The summed E-state index contributed by atoms with van der Waals surface area (Å²) < 4.78 is 1.54. The number of nitrogens with two attached hydrogens (primary N) is 1. The van der Waals surface area contributed by atoms with Crippen LogP contribution >= 0.6 is 23.2 Å². The van der Waals surface area contributed by atoms with E-state index >= 15 is 0 Å². The molecule has 0 radical (unpaired) electrons. The van der Waals surface area contributed by atoms with Crippen LogP contribution in [-0.4, -0.2) is 33.3 Å². The van der Waals surface area contributed by atoms with Crippen molar-refractivity contribution in [3.63, 3.8) is 0 Å². The van der Waals surface area contributed by atoms with Crippen LogP contribution < -0.4 is 11.1 Å². The van der Waals surface area contributed by atoms with Crippen LogP contribution in [0.25, 0.3) is 5.69 Å². The van der Waals surface area contributed by atoms with Gasteiger partial charge in [-0.2, -0.15) is 0 Å². The standard InChI is InChI=1S/C16H19Cl2N5O/c1-2-13-21-15(16(24)20-12(8-19)9-6-7-9)22-23(13)14-10(17)4-3-5-11(14)18/h3-5,9,12H,2,6-8,19H2,1H3,(H,20,24). The molecule has 1 heterocycles. The molecule has 8 heteroatoms. The first-order valence-electron chi connectivity index (χ1n) is 7.96. The molecule has 1 fully saturated rings. The fourth-order valence-corrected chi connectivity index (χ4v) is 3.20. The number of hydrogen-bond donors (Lipinski definition) is 2. The first-order chi connectivity index (χ1) is 11.5. The zero-order chi connectivity index (χ0) is 17.3. The van der Waals surface area contributed by atoms with E-state index in [2.05, 4.69) is 15.4 Å². The summed E-state index contributed by atoms with van der Waals surface area (Å²) in [6.07, 6.45) is 2.78. The highest BCUT2D eigenvalue weighted by Crippen LogP contribution is 2.32. The number of halogens is 2. The Morgan fingerprint density at radius 1 is 1.42 bits per heavy atom. The van der Waals surface area contributed by atoms with Crippen LogP contribution in [0.5, 0.6) is 0 Å². The van der Waals surface area contributed by atoms with E-state index in [1.807, 2.05) is 6.92 Å². The number of aryl methyl sites for hydroxylation is 1. The van der Waals surface area contributed by atoms with E-state index in [0.29, 0.717) is 40.4 Å². The quantitative estimate of drug-likeness (QED) is 0.821. The van der Waals surface area contributed by atoms with Crippen LogP contribution in [0.3, 0.4) is 0 Å². The van der Waals surface area contributed by atoms with E-state index in [-0.39, 0.29) is 17.8 Å². The Morgan fingerprint density at radius 2 is 2.08 bits per heavy atom. The molecular weight excluding hydrogens is 349 g/mol. The predicted molar refractivity (Wildman–Crippen MR) is 93.8 cm³/mol. The molecule has 1 aliphatic carbocycles. The Bertz CT molecular complexity index is 737. The van der Waals surface area contributed by atoms with Crippen molar-refractivity contribution in [1.82, 2.24) is 20.1 Å². The molecule has 1 aromatic heterocycles. The number of nitrogens with one attached hydrogen (secondary N) is 1. The molecule has 1 aliphatic rings. The minimum Gasteiger partial charge on any atom is -0.345 e. The molecule has 2 aromatic rings. The normalized spacial score (nSPS) is 15.3. The van der Waals surface area contributed by atoms with Gasteiger partial charge in [-0.25, -0.2) is 9.67 Å². The number of rotatable bonds is 6. The molecule has 0 aliphatic heterocycles. The lowest BCUT2D eigenvalue weighted by molar-refractivity contribution is 0.0923. The van der Waals surface area contributed by atoms with E-state index in [1.165, 1.54) is 4.68 Å². The van der Waals surface area contributed by atoms with Gasteiger partial charge in [0.05, 0.1) is 10.0 Å². The summed E-state index contributed by atoms with van der Waals surface area (Å²) in [5.41, 5.74) is 6.27. The van der Waals surface area contributed by atoms with E-state index < -0.39 is 0 Å². The third-order valence-electron chi connectivity index (χ3n) is 4.10. The van der Waals surface area contributed by atoms with E-state index in [1.54, 1.807) is 18.2 Å². The number of aromatic nitrogens is 3. The van der Waals surface area contributed by atoms with Gasteiger partial charge in [-0.3, -0.25) is 4.79 Å². The summed E-state index contributed by atoms with van der Waals surface area (Å²) in [4.78, 5) is 16.8. The van der Waals surface area contributed by atoms with Gasteiger partial charge in [-0.15, -0.1) is 5.10 Å². The van der Waals surface area contributed by atoms with Crippen molar-refractivity contribution in [1.29, 1.82) is 0 Å². The largest absolute Gasteiger partial charge is 0.345 e. The minimum absolute atomic E-state index is 0.0292. The molecule has 1 aromatic carbocycles. The van der Waals surface area contributed by atoms with Crippen molar-refractivity contribution in [2.45, 2.75) is 32.2 Å². The number of carbonyl (C=O) groups is 1. The lowest BCUT2D eigenvalue weighted by atomic mass is 10.2. The maximum atomic E-state index is 12.5. The van der Waals surface area contributed by atoms with E-state index in [0.717, 1.165) is 12.8 Å². The Morgan fingerprint density at radius 3 is 2.62 bits per heavy atom. The molecule has 24 heavy (non-hydrogen) atoms. The number of benzene rings is 1. The number of hydrogen-bond acceptors (Lipinski definition) is 4. The minimum atomic E-state index is -0.325. The lowest BCUT2D eigenvalue weighted by Crippen LogP contribution is -2.42. The van der Waals surface area contributed by atoms with Crippen molar-refractivity contribution in [3.05, 3.63) is 39.9 Å². The Labute approximate surface area is 150 Å². The molecule has 3 rings (SSSR count). The van der Waals surface area contributed by atoms with Gasteiger partial charge in [-0.05, 0) is 30.9 Å². The molecule has 0 saturated heterocycles. The molecule has 1 atom stereocenters. The van der Waals surface area contributed by atoms with Gasteiger partial charge in [0.1, 0.15) is 11.5 Å². The van der Waals surface area contributed by atoms with Gasteiger partial charge in [0.25, 0.3) is 5.91 Å². The first kappa shape index (κ1) is 17.2. The third-order valence-corrected chi connectivity index (χ3v) is 4.71. The number of carbonyl (C=O) groups excluding carboxylic acids is 1. The maximum Gasteiger partial charge on any atom is 0.291 e. The second kappa shape index (κ2) is 7.09. The highest BCUT2D eigenvalue weighted by atomic mass is 35.5. The molecule has 0 spiro atoms. The summed E-state index contributed by atoms with van der Waals surface area (Å²) in [6.45, 7) is 2.34. The van der Waals surface area contributed by atoms with Crippen molar-refractivity contribution < 1.29 is 4.79 Å². The molecule has 128 valence electrons. The van der Waals surface area contributed by atoms with Gasteiger partial charge in [0.15, 0.2) is 0 Å². The monoisotopic (exact) mass is 367 g/mol. The second-order valence-corrected chi connectivity index (χ2v) is 6.65. The third kappa shape index (κ3) is 3.41. The van der Waals surface area contributed by atoms with Crippen LogP contribution in [0.1, 0.15) is 36.2 Å². The highest BCUT2D eigenvalue weighted by molar-refractivity contribution is 6.37. The fraction of sp³-hybridized carbons (Fsp3) is 0.438. The molecule has 0 bridgehead atoms. The van der Waals surface area contributed by atoms with Gasteiger partial charge in [-0.1, -0.05) is 36.2 Å². The topological polar surface area (TPSA) is 85.8 Å². The average Bonchev–Trinajstić information content (AvgIpc) is 3.32. The zero-order valence-corrected chi connectivity index (χ0v) is 14.8. The van der Waals surface area contributed by atoms with Gasteiger partial charge in [0.2, 0.25) is 5.82 Å². The predicted octanol–water partition coefficient (Wildman–Crippen LogP) is 2.60. The highest BCUT2D eigenvalue weighted by Gasteiger charge is 2.32. The summed E-state index contributed by atoms with van der Waals surface area (Å²) >= 11 is 12.5. The number of amides is 1. The molecule has 1 saturated carbocycles. The Kier molecular flexibility index (Phi) is 5.08. The summed E-state index contributed by atoms with van der Waals surface area (Å²) in [5, 5.41) is 8.15. The summed E-state index contributed by atoms with van der Waals surface area (Å²) in [6, 6.07) is 5.17. The molecule has 6 nitrogen and oxygen atoms in total. The van der Waals surface area contributed by atoms with Crippen molar-refractivity contribution >= 4 is 29.1 Å². The lowest BCUT2D eigenvalue weighted by Gasteiger charge is -2.14. The zero-order valence-electron chi connectivity index (χ0n) is 13.3. The van der Waals surface area contributed by atoms with Gasteiger partial charge in [0, 0.05) is 19.0 Å². The summed E-state index contributed by atoms with van der Waals surface area (Å²) in [7, 11) is 0. The maximum absolute atomic E-state index is 12.5. The van der Waals surface area contributed by atoms with Crippen molar-refractivity contribution in [3.8, 4) is 5.69 Å². The van der Waals surface area contributed by atoms with E-state index in [9.17, 15) is 4.79 Å². The van der Waals surface area contributed by atoms with Crippen molar-refractivity contribution in [2.24, 2.45) is 11.7 Å². The average molecular weight is 368 g/mol. The number of nitrogens with zero attached hydrogens (tertiary/aromatic N) is 3. The van der Waals surface area contributed by atoms with Crippen LogP contribution in [0.2, 0.25) is 10.0 Å². The molecule has 1 unspecified atom stereocenters. The Hall–Kier alpha value is -1.63. The van der Waals surface area contributed by atoms with Crippen molar-refractivity contribution in [2.75, 3.05) is 6.54 Å². The molecule has 3 N–H and O–H groups in total. The van der Waals surface area contributed by atoms with Crippen LogP contribution in [-0.2, 0) is 6.42 Å². The summed E-state index contributed by atoms with van der Waals surface area (Å²) in [5.74, 6) is 0.853. The van der Waals surface area contributed by atoms with Gasteiger partial charge >= 0.3 is 0 Å². The SMILES string of the molecule is CCc1nc(C(=O)NC(CN)C2CC2)nn1-c1c(Cl)cccc1Cl. The second-order valence-electron chi connectivity index (χ2n) is 5.84. The van der Waals surface area contributed by atoms with E-state index in [4.69, 9.17) is 28.9 Å². The van der Waals surface area contributed by atoms with Crippen LogP contribution in [0.4, 0.5) is 0 Å². The first-order valence-corrected chi connectivity index (χ1v) is 8.72. The molecular formula is C16H19Cl2N5O.